The lowest BCUT2D eigenvalue weighted by Crippen LogP contribution is -2.28. The Morgan fingerprint density at radius 2 is 1.81 bits per heavy atom. The van der Waals surface area contributed by atoms with Gasteiger partial charge in [-0.15, -0.1) is 0 Å². The van der Waals surface area contributed by atoms with Crippen LogP contribution in [0.3, 0.4) is 0 Å². The summed E-state index contributed by atoms with van der Waals surface area (Å²) in [7, 11) is 0. The summed E-state index contributed by atoms with van der Waals surface area (Å²) in [4.78, 5) is 22.8. The van der Waals surface area contributed by atoms with Crippen molar-refractivity contribution in [1.29, 1.82) is 5.26 Å². The van der Waals surface area contributed by atoms with Crippen LogP contribution in [0.5, 0.6) is 5.75 Å². The molecule has 0 spiro atoms. The van der Waals surface area contributed by atoms with Gasteiger partial charge in [-0.25, -0.2) is 9.59 Å². The Morgan fingerprint density at radius 3 is 2.43 bits per heavy atom. The Bertz CT molecular complexity index is 554. The largest absolute Gasteiger partial charge is 0.481 e. The minimum absolute atomic E-state index is 0.286. The maximum absolute atomic E-state index is 11.4. The minimum atomic E-state index is -0.714. The van der Waals surface area contributed by atoms with Gasteiger partial charge in [0, 0.05) is 0 Å². The Hall–Kier alpha value is -2.55. The fourth-order valence-electron chi connectivity index (χ4n) is 1.37. The average Bonchev–Trinajstić information content (AvgIpc) is 2.41. The van der Waals surface area contributed by atoms with Crippen LogP contribution < -0.4 is 4.74 Å². The Labute approximate surface area is 123 Å². The molecule has 0 saturated heterocycles. The van der Waals surface area contributed by atoms with Crippen LogP contribution in [0.4, 0.5) is 0 Å². The molecule has 1 aromatic rings. The van der Waals surface area contributed by atoms with Crippen molar-refractivity contribution >= 4 is 11.9 Å². The predicted octanol–water partition coefficient (Wildman–Crippen LogP) is 1.82. The molecular weight excluding hydrogens is 274 g/mol. The van der Waals surface area contributed by atoms with Crippen LogP contribution in [0.15, 0.2) is 24.3 Å². The molecule has 0 aliphatic rings. The first kappa shape index (κ1) is 16.5. The van der Waals surface area contributed by atoms with Gasteiger partial charge in [0.25, 0.3) is 0 Å². The second-order valence-electron chi connectivity index (χ2n) is 5.14. The molecule has 6 nitrogen and oxygen atoms in total. The second kappa shape index (κ2) is 7.29. The summed E-state index contributed by atoms with van der Waals surface area (Å²) in [6.07, 6.45) is 0. The molecule has 0 saturated carbocycles. The topological polar surface area (TPSA) is 85.6 Å². The maximum atomic E-state index is 11.4. The third-order valence-corrected chi connectivity index (χ3v) is 2.12. The predicted molar refractivity (Wildman–Crippen MR) is 73.5 cm³/mol. The maximum Gasteiger partial charge on any atom is 0.344 e. The number of ether oxygens (including phenoxy) is 3. The third kappa shape index (κ3) is 6.43. The molecule has 0 heterocycles. The van der Waals surface area contributed by atoms with Gasteiger partial charge in [0.15, 0.2) is 13.2 Å². The lowest BCUT2D eigenvalue weighted by atomic mass is 10.2. The molecule has 0 unspecified atom stereocenters. The van der Waals surface area contributed by atoms with Gasteiger partial charge in [0.1, 0.15) is 17.4 Å². The van der Waals surface area contributed by atoms with E-state index in [4.69, 9.17) is 19.5 Å². The summed E-state index contributed by atoms with van der Waals surface area (Å²) in [6.45, 7) is 4.29. The molecule has 6 heteroatoms. The highest BCUT2D eigenvalue weighted by Crippen LogP contribution is 2.16. The van der Waals surface area contributed by atoms with Gasteiger partial charge in [-0.05, 0) is 32.9 Å². The fourth-order valence-corrected chi connectivity index (χ4v) is 1.37. The minimum Gasteiger partial charge on any atom is -0.481 e. The van der Waals surface area contributed by atoms with Gasteiger partial charge in [-0.2, -0.15) is 5.26 Å². The molecule has 0 atom stereocenters. The van der Waals surface area contributed by atoms with E-state index in [9.17, 15) is 9.59 Å². The highest BCUT2D eigenvalue weighted by atomic mass is 16.6. The summed E-state index contributed by atoms with van der Waals surface area (Å²) < 4.78 is 14.9. The highest BCUT2D eigenvalue weighted by Gasteiger charge is 2.17. The monoisotopic (exact) mass is 291 g/mol. The van der Waals surface area contributed by atoms with Crippen LogP contribution in [0, 0.1) is 11.3 Å². The first-order valence-electron chi connectivity index (χ1n) is 6.31. The number of esters is 2. The van der Waals surface area contributed by atoms with E-state index in [0.29, 0.717) is 5.56 Å². The van der Waals surface area contributed by atoms with Crippen molar-refractivity contribution in [2.45, 2.75) is 26.4 Å². The van der Waals surface area contributed by atoms with E-state index >= 15 is 0 Å². The lowest BCUT2D eigenvalue weighted by Gasteiger charge is -2.19. The molecule has 0 fully saturated rings. The van der Waals surface area contributed by atoms with Crippen molar-refractivity contribution in [1.82, 2.24) is 0 Å². The van der Waals surface area contributed by atoms with Gasteiger partial charge < -0.3 is 14.2 Å². The van der Waals surface area contributed by atoms with Crippen molar-refractivity contribution < 1.29 is 23.8 Å². The molecule has 0 aromatic heterocycles. The molecule has 112 valence electrons. The SMILES string of the molecule is CC(C)(C)OC(=O)COC(=O)COc1ccccc1C#N. The molecule has 0 aliphatic carbocycles. The molecular formula is C15H17NO5. The van der Waals surface area contributed by atoms with Crippen molar-refractivity contribution in [3.8, 4) is 11.8 Å². The van der Waals surface area contributed by atoms with E-state index in [1.165, 1.54) is 0 Å². The van der Waals surface area contributed by atoms with Crippen LogP contribution in [-0.4, -0.2) is 30.8 Å². The van der Waals surface area contributed by atoms with Crippen LogP contribution in [0.1, 0.15) is 26.3 Å². The third-order valence-electron chi connectivity index (χ3n) is 2.12. The Balaban J connectivity index is 2.38. The van der Waals surface area contributed by atoms with Gasteiger partial charge in [0.2, 0.25) is 0 Å². The zero-order valence-corrected chi connectivity index (χ0v) is 12.2. The first-order valence-corrected chi connectivity index (χ1v) is 6.31. The number of hydrogen-bond donors (Lipinski definition) is 0. The fraction of sp³-hybridized carbons (Fsp3) is 0.400. The smallest absolute Gasteiger partial charge is 0.344 e. The number of benzene rings is 1. The zero-order valence-electron chi connectivity index (χ0n) is 12.2. The first-order chi connectivity index (χ1) is 9.81. The van der Waals surface area contributed by atoms with Gasteiger partial charge in [0.05, 0.1) is 5.56 Å². The average molecular weight is 291 g/mol. The molecule has 0 bridgehead atoms. The summed E-state index contributed by atoms with van der Waals surface area (Å²) in [5.74, 6) is -1.06. The van der Waals surface area contributed by atoms with E-state index in [0.717, 1.165) is 0 Å². The van der Waals surface area contributed by atoms with Crippen molar-refractivity contribution in [2.24, 2.45) is 0 Å². The van der Waals surface area contributed by atoms with Gasteiger partial charge in [-0.3, -0.25) is 0 Å². The molecule has 1 aromatic carbocycles. The molecule has 1 rings (SSSR count). The van der Waals surface area contributed by atoms with Crippen LogP contribution >= 0.6 is 0 Å². The van der Waals surface area contributed by atoms with Crippen molar-refractivity contribution in [2.75, 3.05) is 13.2 Å². The summed E-state index contributed by atoms with van der Waals surface area (Å²) in [6, 6.07) is 8.45. The Morgan fingerprint density at radius 1 is 1.14 bits per heavy atom. The number of carbonyl (C=O) groups is 2. The number of para-hydroxylation sites is 1. The molecule has 0 amide bonds. The normalized spacial score (nSPS) is 10.4. The molecule has 0 aliphatic heterocycles. The van der Waals surface area contributed by atoms with E-state index in [1.807, 2.05) is 6.07 Å². The second-order valence-corrected chi connectivity index (χ2v) is 5.14. The van der Waals surface area contributed by atoms with E-state index in [-0.39, 0.29) is 12.4 Å². The number of hydrogen-bond acceptors (Lipinski definition) is 6. The van der Waals surface area contributed by atoms with Crippen LogP contribution in [-0.2, 0) is 19.1 Å². The standard InChI is InChI=1S/C15H17NO5/c1-15(2,3)21-14(18)10-20-13(17)9-19-12-7-5-4-6-11(12)8-16/h4-7H,9-10H2,1-3H3. The zero-order chi connectivity index (χ0) is 15.9. The number of nitrogens with zero attached hydrogens (tertiary/aromatic N) is 1. The van der Waals surface area contributed by atoms with E-state index in [2.05, 4.69) is 0 Å². The molecule has 21 heavy (non-hydrogen) atoms. The van der Waals surface area contributed by atoms with Gasteiger partial charge in [-0.1, -0.05) is 12.1 Å². The van der Waals surface area contributed by atoms with E-state index in [1.54, 1.807) is 45.0 Å². The van der Waals surface area contributed by atoms with Crippen molar-refractivity contribution in [3.63, 3.8) is 0 Å². The number of carbonyl (C=O) groups excluding carboxylic acids is 2. The number of rotatable bonds is 5. The summed E-state index contributed by atoms with van der Waals surface area (Å²) >= 11 is 0. The molecule has 0 radical (unpaired) electrons. The molecule has 0 N–H and O–H groups in total. The van der Waals surface area contributed by atoms with Crippen molar-refractivity contribution in [3.05, 3.63) is 29.8 Å². The summed E-state index contributed by atoms with van der Waals surface area (Å²) in [5.41, 5.74) is -0.316. The quantitative estimate of drug-likeness (QED) is 0.769. The Kier molecular flexibility index (Phi) is 5.73. The lowest BCUT2D eigenvalue weighted by molar-refractivity contribution is -0.167. The van der Waals surface area contributed by atoms with Crippen LogP contribution in [0.2, 0.25) is 0 Å². The highest BCUT2D eigenvalue weighted by molar-refractivity contribution is 5.77. The van der Waals surface area contributed by atoms with Gasteiger partial charge >= 0.3 is 11.9 Å². The number of nitriles is 1. The van der Waals surface area contributed by atoms with E-state index < -0.39 is 24.1 Å². The van der Waals surface area contributed by atoms with Crippen LogP contribution in [0.25, 0.3) is 0 Å². The summed E-state index contributed by atoms with van der Waals surface area (Å²) in [5, 5.41) is 8.86.